The lowest BCUT2D eigenvalue weighted by molar-refractivity contribution is -0.128. The average molecular weight is 355 g/mol. The number of hydrogen-bond donors (Lipinski definition) is 1. The van der Waals surface area contributed by atoms with E-state index in [0.29, 0.717) is 5.56 Å². The summed E-state index contributed by atoms with van der Waals surface area (Å²) in [5.74, 6) is -0.763. The van der Waals surface area contributed by atoms with Crippen LogP contribution in [0.15, 0.2) is 54.6 Å². The number of likely N-dealkylation sites (N-methyl/N-ethyl adjacent to an activating group) is 1. The van der Waals surface area contributed by atoms with E-state index in [-0.39, 0.29) is 24.1 Å². The minimum atomic E-state index is -0.849. The summed E-state index contributed by atoms with van der Waals surface area (Å²) in [7, 11) is 1.68. The van der Waals surface area contributed by atoms with Crippen molar-refractivity contribution in [2.75, 3.05) is 7.05 Å². The van der Waals surface area contributed by atoms with E-state index in [9.17, 15) is 14.3 Å². The number of carbonyl (C=O) groups excluding carboxylic acids is 1. The summed E-state index contributed by atoms with van der Waals surface area (Å²) in [6.07, 6.45) is -0.636. The second-order valence-electron chi connectivity index (χ2n) is 6.46. The fourth-order valence-electron chi connectivity index (χ4n) is 3.71. The number of nitrogens with zero attached hydrogens (tertiary/aromatic N) is 1. The van der Waals surface area contributed by atoms with Crippen molar-refractivity contribution in [3.63, 3.8) is 0 Å². The SMILES string of the molecule is CN1C(=O)C[C@H](c2ccccc2F)[C@@H]1C(O)c1cc2ccccc2s1. The lowest BCUT2D eigenvalue weighted by Crippen LogP contribution is -2.36. The zero-order chi connectivity index (χ0) is 17.6. The fourth-order valence-corrected chi connectivity index (χ4v) is 4.80. The van der Waals surface area contributed by atoms with E-state index in [1.165, 1.54) is 17.4 Å². The van der Waals surface area contributed by atoms with Crippen LogP contribution >= 0.6 is 11.3 Å². The smallest absolute Gasteiger partial charge is 0.223 e. The maximum Gasteiger partial charge on any atom is 0.223 e. The van der Waals surface area contributed by atoms with E-state index in [4.69, 9.17) is 0 Å². The quantitative estimate of drug-likeness (QED) is 0.769. The number of rotatable bonds is 3. The van der Waals surface area contributed by atoms with Crippen LogP contribution in [-0.2, 0) is 4.79 Å². The third-order valence-corrected chi connectivity index (χ3v) is 6.20. The molecule has 1 fully saturated rings. The molecule has 128 valence electrons. The van der Waals surface area contributed by atoms with Gasteiger partial charge in [-0.3, -0.25) is 4.79 Å². The lowest BCUT2D eigenvalue weighted by Gasteiger charge is -2.29. The van der Waals surface area contributed by atoms with E-state index >= 15 is 0 Å². The number of carbonyl (C=O) groups is 1. The van der Waals surface area contributed by atoms with Crippen LogP contribution in [0.3, 0.4) is 0 Å². The Hall–Kier alpha value is -2.24. The molecule has 1 unspecified atom stereocenters. The number of halogens is 1. The standard InChI is InChI=1S/C20H18FNO2S/c1-22-18(23)11-14(13-7-3-4-8-15(13)21)19(22)20(24)17-10-12-6-2-5-9-16(12)25-17/h2-10,14,19-20,24H,11H2,1H3/t14-,19-,20?/m1/s1. The van der Waals surface area contributed by atoms with Gasteiger partial charge in [0.25, 0.3) is 0 Å². The van der Waals surface area contributed by atoms with Crippen molar-refractivity contribution in [2.45, 2.75) is 24.5 Å². The first kappa shape index (κ1) is 16.2. The number of aliphatic hydroxyl groups is 1. The maximum atomic E-state index is 14.3. The van der Waals surface area contributed by atoms with Gasteiger partial charge in [0.05, 0.1) is 6.04 Å². The zero-order valence-electron chi connectivity index (χ0n) is 13.7. The largest absolute Gasteiger partial charge is 0.385 e. The minimum absolute atomic E-state index is 0.0709. The van der Waals surface area contributed by atoms with Crippen molar-refractivity contribution in [3.8, 4) is 0 Å². The Morgan fingerprint density at radius 3 is 2.68 bits per heavy atom. The summed E-state index contributed by atoms with van der Waals surface area (Å²) in [5, 5.41) is 12.1. The lowest BCUT2D eigenvalue weighted by atomic mass is 9.87. The van der Waals surface area contributed by atoms with E-state index in [2.05, 4.69) is 0 Å². The summed E-state index contributed by atoms with van der Waals surface area (Å²) < 4.78 is 15.4. The number of likely N-dealkylation sites (tertiary alicyclic amines) is 1. The van der Waals surface area contributed by atoms with Gasteiger partial charge in [0, 0.05) is 29.0 Å². The van der Waals surface area contributed by atoms with Crippen LogP contribution in [0.4, 0.5) is 4.39 Å². The van der Waals surface area contributed by atoms with Gasteiger partial charge in [0.1, 0.15) is 11.9 Å². The molecule has 3 atom stereocenters. The molecule has 0 spiro atoms. The van der Waals surface area contributed by atoms with E-state index in [0.717, 1.165) is 15.0 Å². The van der Waals surface area contributed by atoms with Gasteiger partial charge in [-0.25, -0.2) is 4.39 Å². The first-order chi connectivity index (χ1) is 12.1. The molecule has 1 aliphatic rings. The predicted octanol–water partition coefficient (Wildman–Crippen LogP) is 4.09. The number of benzene rings is 2. The Balaban J connectivity index is 1.74. The van der Waals surface area contributed by atoms with Gasteiger partial charge in [-0.05, 0) is 29.1 Å². The van der Waals surface area contributed by atoms with Gasteiger partial charge in [0.2, 0.25) is 5.91 Å². The molecule has 1 amide bonds. The van der Waals surface area contributed by atoms with Gasteiger partial charge < -0.3 is 10.0 Å². The second kappa shape index (κ2) is 6.24. The molecule has 0 saturated carbocycles. The Labute approximate surface area is 149 Å². The Morgan fingerprint density at radius 1 is 1.20 bits per heavy atom. The third kappa shape index (κ3) is 2.73. The van der Waals surface area contributed by atoms with Crippen LogP contribution in [0.25, 0.3) is 10.1 Å². The first-order valence-electron chi connectivity index (χ1n) is 8.23. The van der Waals surface area contributed by atoms with Crippen LogP contribution in [0.2, 0.25) is 0 Å². The molecule has 1 aliphatic heterocycles. The van der Waals surface area contributed by atoms with Gasteiger partial charge >= 0.3 is 0 Å². The number of fused-ring (bicyclic) bond motifs is 1. The monoisotopic (exact) mass is 355 g/mol. The van der Waals surface area contributed by atoms with Crippen molar-refractivity contribution in [3.05, 3.63) is 70.9 Å². The molecule has 1 aromatic heterocycles. The normalized spacial score (nSPS) is 21.9. The topological polar surface area (TPSA) is 40.5 Å². The van der Waals surface area contributed by atoms with Gasteiger partial charge in [-0.15, -0.1) is 11.3 Å². The van der Waals surface area contributed by atoms with Crippen LogP contribution in [0.1, 0.15) is 28.9 Å². The molecular formula is C20H18FNO2S. The summed E-state index contributed by atoms with van der Waals surface area (Å²) in [6.45, 7) is 0. The fraction of sp³-hybridized carbons (Fsp3) is 0.250. The number of amides is 1. The van der Waals surface area contributed by atoms with E-state index < -0.39 is 12.1 Å². The highest BCUT2D eigenvalue weighted by atomic mass is 32.1. The molecule has 1 N–H and O–H groups in total. The van der Waals surface area contributed by atoms with Crippen molar-refractivity contribution >= 4 is 27.3 Å². The molecule has 4 rings (SSSR count). The van der Waals surface area contributed by atoms with Crippen molar-refractivity contribution < 1.29 is 14.3 Å². The second-order valence-corrected chi connectivity index (χ2v) is 7.57. The zero-order valence-corrected chi connectivity index (χ0v) is 14.5. The van der Waals surface area contributed by atoms with Gasteiger partial charge in [-0.1, -0.05) is 36.4 Å². The summed E-state index contributed by atoms with van der Waals surface area (Å²) >= 11 is 1.52. The van der Waals surface area contributed by atoms with E-state index in [1.807, 2.05) is 30.3 Å². The van der Waals surface area contributed by atoms with Crippen LogP contribution < -0.4 is 0 Å². The molecule has 0 aliphatic carbocycles. The molecule has 0 bridgehead atoms. The van der Waals surface area contributed by atoms with Crippen LogP contribution in [0.5, 0.6) is 0 Å². The molecule has 2 aromatic carbocycles. The first-order valence-corrected chi connectivity index (χ1v) is 9.04. The van der Waals surface area contributed by atoms with Crippen molar-refractivity contribution in [1.82, 2.24) is 4.90 Å². The summed E-state index contributed by atoms with van der Waals surface area (Å²) in [6, 6.07) is 15.9. The summed E-state index contributed by atoms with van der Waals surface area (Å²) in [4.78, 5) is 14.6. The van der Waals surface area contributed by atoms with Gasteiger partial charge in [0.15, 0.2) is 0 Å². The molecule has 1 saturated heterocycles. The molecule has 0 radical (unpaired) electrons. The van der Waals surface area contributed by atoms with E-state index in [1.54, 1.807) is 30.1 Å². The Kier molecular flexibility index (Phi) is 4.06. The molecule has 25 heavy (non-hydrogen) atoms. The third-order valence-electron chi connectivity index (χ3n) is 5.01. The summed E-state index contributed by atoms with van der Waals surface area (Å²) in [5.41, 5.74) is 0.491. The van der Waals surface area contributed by atoms with Crippen LogP contribution in [-0.4, -0.2) is 29.0 Å². The molecule has 3 aromatic rings. The number of aliphatic hydroxyl groups excluding tert-OH is 1. The maximum absolute atomic E-state index is 14.3. The predicted molar refractivity (Wildman–Crippen MR) is 97.1 cm³/mol. The number of hydrogen-bond acceptors (Lipinski definition) is 3. The number of thiophene rings is 1. The Morgan fingerprint density at radius 2 is 1.92 bits per heavy atom. The molecule has 2 heterocycles. The Bertz CT molecular complexity index is 905. The van der Waals surface area contributed by atoms with Crippen molar-refractivity contribution in [1.29, 1.82) is 0 Å². The van der Waals surface area contributed by atoms with Gasteiger partial charge in [-0.2, -0.15) is 0 Å². The van der Waals surface area contributed by atoms with Crippen molar-refractivity contribution in [2.24, 2.45) is 0 Å². The molecular weight excluding hydrogens is 337 g/mol. The highest BCUT2D eigenvalue weighted by Crippen LogP contribution is 2.43. The highest BCUT2D eigenvalue weighted by molar-refractivity contribution is 7.19. The minimum Gasteiger partial charge on any atom is -0.385 e. The van der Waals surface area contributed by atoms with Crippen LogP contribution in [0, 0.1) is 5.82 Å². The molecule has 5 heteroatoms. The molecule has 3 nitrogen and oxygen atoms in total. The highest BCUT2D eigenvalue weighted by Gasteiger charge is 2.44. The average Bonchev–Trinajstić information content (AvgIpc) is 3.17.